The van der Waals surface area contributed by atoms with Gasteiger partial charge in [-0.25, -0.2) is 4.79 Å². The Morgan fingerprint density at radius 3 is 2.59 bits per heavy atom. The summed E-state index contributed by atoms with van der Waals surface area (Å²) in [6, 6.07) is 6.79. The van der Waals surface area contributed by atoms with E-state index in [1.54, 1.807) is 24.3 Å². The van der Waals surface area contributed by atoms with Crippen molar-refractivity contribution in [3.63, 3.8) is 0 Å². The van der Waals surface area contributed by atoms with Crippen molar-refractivity contribution in [2.45, 2.75) is 26.7 Å². The number of carboxylic acids is 1. The molecule has 0 bridgehead atoms. The highest BCUT2D eigenvalue weighted by Gasteiger charge is 2.16. The molecule has 1 rings (SSSR count). The van der Waals surface area contributed by atoms with Crippen LogP contribution in [0.1, 0.15) is 37.0 Å². The Labute approximate surface area is 132 Å². The number of anilines is 1. The fourth-order valence-electron chi connectivity index (χ4n) is 2.16. The highest BCUT2D eigenvalue weighted by molar-refractivity contribution is 5.89. The van der Waals surface area contributed by atoms with Crippen LogP contribution in [-0.2, 0) is 0 Å². The van der Waals surface area contributed by atoms with Crippen molar-refractivity contribution in [1.29, 1.82) is 0 Å². The lowest BCUT2D eigenvalue weighted by atomic mass is 10.1. The molecule has 0 fully saturated rings. The molecule has 3 nitrogen and oxygen atoms in total. The van der Waals surface area contributed by atoms with Gasteiger partial charge >= 0.3 is 5.97 Å². The summed E-state index contributed by atoms with van der Waals surface area (Å²) < 4.78 is 0. The third-order valence-electron chi connectivity index (χ3n) is 3.30. The van der Waals surface area contributed by atoms with Crippen molar-refractivity contribution in [1.82, 2.24) is 0 Å². The number of aromatic carboxylic acids is 1. The number of carboxylic acid groups (broad SMARTS) is 1. The molecular formula is C19H23NO2. The lowest BCUT2D eigenvalue weighted by molar-refractivity contribution is 0.0697. The van der Waals surface area contributed by atoms with E-state index in [-0.39, 0.29) is 5.56 Å². The predicted molar refractivity (Wildman–Crippen MR) is 93.0 cm³/mol. The Morgan fingerprint density at radius 2 is 2.05 bits per heavy atom. The zero-order chi connectivity index (χ0) is 16.7. The SMILES string of the molecule is C=C/C=C(\C)C(=C)N(C(=C)CCC)c1cccc(C(=O)O)c1. The van der Waals surface area contributed by atoms with Crippen molar-refractivity contribution < 1.29 is 9.90 Å². The molecule has 0 heterocycles. The summed E-state index contributed by atoms with van der Waals surface area (Å²) in [5.41, 5.74) is 3.59. The lowest BCUT2D eigenvalue weighted by Gasteiger charge is -2.29. The highest BCUT2D eigenvalue weighted by Crippen LogP contribution is 2.29. The van der Waals surface area contributed by atoms with E-state index >= 15 is 0 Å². The molecule has 0 aliphatic carbocycles. The number of carbonyl (C=O) groups is 1. The van der Waals surface area contributed by atoms with Crippen LogP contribution in [0.4, 0.5) is 5.69 Å². The van der Waals surface area contributed by atoms with Crippen LogP contribution in [0, 0.1) is 0 Å². The van der Waals surface area contributed by atoms with Crippen LogP contribution in [-0.4, -0.2) is 11.1 Å². The summed E-state index contributed by atoms with van der Waals surface area (Å²) in [5.74, 6) is -0.952. The van der Waals surface area contributed by atoms with Crippen molar-refractivity contribution in [2.24, 2.45) is 0 Å². The van der Waals surface area contributed by atoms with Gasteiger partial charge in [-0.05, 0) is 37.1 Å². The fraction of sp³-hybridized carbons (Fsp3) is 0.211. The van der Waals surface area contributed by atoms with E-state index in [0.717, 1.165) is 35.5 Å². The van der Waals surface area contributed by atoms with Gasteiger partial charge in [0.1, 0.15) is 0 Å². The topological polar surface area (TPSA) is 40.5 Å². The molecule has 1 aromatic rings. The summed E-state index contributed by atoms with van der Waals surface area (Å²) in [4.78, 5) is 13.1. The van der Waals surface area contributed by atoms with E-state index in [0.29, 0.717) is 0 Å². The zero-order valence-electron chi connectivity index (χ0n) is 13.3. The van der Waals surface area contributed by atoms with Crippen molar-refractivity contribution in [3.05, 3.63) is 78.7 Å². The second kappa shape index (κ2) is 8.03. The fourth-order valence-corrected chi connectivity index (χ4v) is 2.16. The average Bonchev–Trinajstić information content (AvgIpc) is 2.48. The quantitative estimate of drug-likeness (QED) is 0.674. The van der Waals surface area contributed by atoms with Crippen molar-refractivity contribution in [2.75, 3.05) is 4.90 Å². The molecule has 0 saturated heterocycles. The van der Waals surface area contributed by atoms with E-state index < -0.39 is 5.97 Å². The van der Waals surface area contributed by atoms with Gasteiger partial charge in [0.25, 0.3) is 0 Å². The number of rotatable bonds is 8. The second-order valence-electron chi connectivity index (χ2n) is 5.04. The van der Waals surface area contributed by atoms with E-state index in [1.165, 1.54) is 0 Å². The highest BCUT2D eigenvalue weighted by atomic mass is 16.4. The molecule has 3 heteroatoms. The summed E-state index contributed by atoms with van der Waals surface area (Å²) >= 11 is 0. The van der Waals surface area contributed by atoms with Gasteiger partial charge < -0.3 is 10.0 Å². The van der Waals surface area contributed by atoms with Crippen LogP contribution >= 0.6 is 0 Å². The maximum absolute atomic E-state index is 11.2. The first kappa shape index (κ1) is 17.5. The van der Waals surface area contributed by atoms with Gasteiger partial charge in [-0.3, -0.25) is 0 Å². The molecule has 22 heavy (non-hydrogen) atoms. The maximum Gasteiger partial charge on any atom is 0.335 e. The summed E-state index contributed by atoms with van der Waals surface area (Å²) in [7, 11) is 0. The third kappa shape index (κ3) is 4.22. The van der Waals surface area contributed by atoms with Gasteiger partial charge in [0.2, 0.25) is 0 Å². The third-order valence-corrected chi connectivity index (χ3v) is 3.30. The first-order chi connectivity index (χ1) is 10.4. The smallest absolute Gasteiger partial charge is 0.335 e. The van der Waals surface area contributed by atoms with Gasteiger partial charge in [0, 0.05) is 17.1 Å². The summed E-state index contributed by atoms with van der Waals surface area (Å²) in [6.07, 6.45) is 5.33. The van der Waals surface area contributed by atoms with Crippen LogP contribution in [0.2, 0.25) is 0 Å². The molecule has 116 valence electrons. The van der Waals surface area contributed by atoms with E-state index in [1.807, 2.05) is 24.0 Å². The minimum Gasteiger partial charge on any atom is -0.478 e. The van der Waals surface area contributed by atoms with Gasteiger partial charge in [0.05, 0.1) is 5.56 Å². The van der Waals surface area contributed by atoms with Crippen LogP contribution in [0.25, 0.3) is 0 Å². The number of benzene rings is 1. The van der Waals surface area contributed by atoms with Crippen LogP contribution in [0.15, 0.2) is 73.1 Å². The summed E-state index contributed by atoms with van der Waals surface area (Å²) in [5, 5.41) is 9.18. The molecule has 0 unspecified atom stereocenters. The molecule has 1 aromatic carbocycles. The largest absolute Gasteiger partial charge is 0.478 e. The molecule has 0 aromatic heterocycles. The van der Waals surface area contributed by atoms with Gasteiger partial charge in [-0.1, -0.05) is 51.3 Å². The molecule has 0 atom stereocenters. The van der Waals surface area contributed by atoms with Crippen molar-refractivity contribution >= 4 is 11.7 Å². The van der Waals surface area contributed by atoms with Crippen LogP contribution < -0.4 is 4.90 Å². The lowest BCUT2D eigenvalue weighted by Crippen LogP contribution is -2.21. The number of hydrogen-bond acceptors (Lipinski definition) is 2. The molecule has 1 N–H and O–H groups in total. The zero-order valence-corrected chi connectivity index (χ0v) is 13.3. The Hall–Kier alpha value is -2.55. The van der Waals surface area contributed by atoms with E-state index in [9.17, 15) is 9.90 Å². The van der Waals surface area contributed by atoms with Gasteiger partial charge in [-0.2, -0.15) is 0 Å². The molecule has 0 radical (unpaired) electrons. The Kier molecular flexibility index (Phi) is 6.39. The molecule has 0 amide bonds. The summed E-state index contributed by atoms with van der Waals surface area (Å²) in [6.45, 7) is 16.0. The first-order valence-corrected chi connectivity index (χ1v) is 7.22. The Bertz CT molecular complexity index is 626. The Balaban J connectivity index is 3.32. The van der Waals surface area contributed by atoms with E-state index in [4.69, 9.17) is 0 Å². The number of hydrogen-bond donors (Lipinski definition) is 1. The van der Waals surface area contributed by atoms with E-state index in [2.05, 4.69) is 26.7 Å². The standard InChI is InChI=1S/C19H23NO2/c1-6-9-14(3)16(5)20(15(4)10-7-2)18-12-8-11-17(13-18)19(21)22/h6,8-9,11-13H,1,4-5,7,10H2,2-3H3,(H,21,22)/b14-9+. The molecular weight excluding hydrogens is 274 g/mol. The minimum absolute atomic E-state index is 0.241. The predicted octanol–water partition coefficient (Wildman–Crippen LogP) is 5.15. The van der Waals surface area contributed by atoms with Crippen LogP contribution in [0.3, 0.4) is 0 Å². The first-order valence-electron chi connectivity index (χ1n) is 7.22. The normalized spacial score (nSPS) is 10.9. The van der Waals surface area contributed by atoms with Gasteiger partial charge in [-0.15, -0.1) is 0 Å². The number of nitrogens with zero attached hydrogens (tertiary/aromatic N) is 1. The monoisotopic (exact) mass is 297 g/mol. The molecule has 0 spiro atoms. The molecule has 0 saturated carbocycles. The van der Waals surface area contributed by atoms with Gasteiger partial charge in [0.15, 0.2) is 0 Å². The number of allylic oxidation sites excluding steroid dienone is 4. The Morgan fingerprint density at radius 1 is 1.36 bits per heavy atom. The average molecular weight is 297 g/mol. The minimum atomic E-state index is -0.952. The maximum atomic E-state index is 11.2. The molecule has 0 aliphatic rings. The van der Waals surface area contributed by atoms with Crippen molar-refractivity contribution in [3.8, 4) is 0 Å². The van der Waals surface area contributed by atoms with Crippen LogP contribution in [0.5, 0.6) is 0 Å². The molecule has 0 aliphatic heterocycles. The second-order valence-corrected chi connectivity index (χ2v) is 5.04.